The highest BCUT2D eigenvalue weighted by Gasteiger charge is 2.36. The minimum Gasteiger partial charge on any atom is -0.297 e. The molecule has 0 spiro atoms. The lowest BCUT2D eigenvalue weighted by Gasteiger charge is -2.45. The first kappa shape index (κ1) is 16.1. The smallest absolute Gasteiger partial charge is 0.0843 e. The summed E-state index contributed by atoms with van der Waals surface area (Å²) in [6.07, 6.45) is 3.76. The molecule has 0 aliphatic rings. The van der Waals surface area contributed by atoms with Crippen molar-refractivity contribution in [3.05, 3.63) is 11.9 Å². The standard InChI is InChI=1S/C13H28N6/c1-6-13(4,19(7-2)8-3)12(15-14)9-11-10-18(5)17-16-11/h10,12,15H,6-9,14H2,1-5H3. The van der Waals surface area contributed by atoms with E-state index < -0.39 is 0 Å². The van der Waals surface area contributed by atoms with Gasteiger partial charge in [-0.15, -0.1) is 5.10 Å². The molecule has 0 radical (unpaired) electrons. The van der Waals surface area contributed by atoms with Gasteiger partial charge in [-0.2, -0.15) is 0 Å². The summed E-state index contributed by atoms with van der Waals surface area (Å²) in [7, 11) is 1.88. The van der Waals surface area contributed by atoms with Crippen LogP contribution in [0.25, 0.3) is 0 Å². The average Bonchev–Trinajstić information content (AvgIpc) is 2.82. The molecule has 6 heteroatoms. The monoisotopic (exact) mass is 268 g/mol. The van der Waals surface area contributed by atoms with Gasteiger partial charge in [0, 0.05) is 31.2 Å². The molecule has 19 heavy (non-hydrogen) atoms. The molecule has 0 bridgehead atoms. The van der Waals surface area contributed by atoms with Gasteiger partial charge in [-0.1, -0.05) is 26.0 Å². The molecular weight excluding hydrogens is 240 g/mol. The number of nitrogens with two attached hydrogens (primary N) is 1. The molecule has 0 amide bonds. The molecule has 1 aromatic heterocycles. The van der Waals surface area contributed by atoms with Gasteiger partial charge in [-0.05, 0) is 26.4 Å². The van der Waals surface area contributed by atoms with Crippen LogP contribution in [0.2, 0.25) is 0 Å². The van der Waals surface area contributed by atoms with Crippen LogP contribution in [0.5, 0.6) is 0 Å². The first-order valence-corrected chi connectivity index (χ1v) is 7.08. The zero-order valence-electron chi connectivity index (χ0n) is 12.8. The second kappa shape index (κ2) is 6.98. The predicted octanol–water partition coefficient (Wildman–Crippen LogP) is 0.700. The maximum atomic E-state index is 5.80. The van der Waals surface area contributed by atoms with Crippen LogP contribution in [0.3, 0.4) is 0 Å². The zero-order valence-corrected chi connectivity index (χ0v) is 12.8. The largest absolute Gasteiger partial charge is 0.297 e. The fourth-order valence-corrected chi connectivity index (χ4v) is 2.79. The Bertz CT molecular complexity index is 373. The minimum absolute atomic E-state index is 0.00969. The van der Waals surface area contributed by atoms with Crippen LogP contribution in [0, 0.1) is 0 Å². The Morgan fingerprint density at radius 3 is 2.42 bits per heavy atom. The molecule has 0 saturated heterocycles. The maximum Gasteiger partial charge on any atom is 0.0843 e. The van der Waals surface area contributed by atoms with Crippen molar-refractivity contribution in [2.24, 2.45) is 12.9 Å². The third-order valence-electron chi connectivity index (χ3n) is 4.22. The van der Waals surface area contributed by atoms with Gasteiger partial charge in [0.2, 0.25) is 0 Å². The third-order valence-corrected chi connectivity index (χ3v) is 4.22. The second-order valence-electron chi connectivity index (χ2n) is 5.19. The van der Waals surface area contributed by atoms with Gasteiger partial charge in [-0.25, -0.2) is 0 Å². The highest BCUT2D eigenvalue weighted by atomic mass is 15.4. The summed E-state index contributed by atoms with van der Waals surface area (Å²) >= 11 is 0. The number of nitrogens with zero attached hydrogens (tertiary/aromatic N) is 4. The second-order valence-corrected chi connectivity index (χ2v) is 5.19. The number of rotatable bonds is 8. The first-order chi connectivity index (χ1) is 9.01. The topological polar surface area (TPSA) is 72.0 Å². The molecule has 3 N–H and O–H groups in total. The van der Waals surface area contributed by atoms with E-state index in [2.05, 4.69) is 48.3 Å². The number of hydrogen-bond acceptors (Lipinski definition) is 5. The van der Waals surface area contributed by atoms with Crippen molar-refractivity contribution in [2.75, 3.05) is 13.1 Å². The lowest BCUT2D eigenvalue weighted by Crippen LogP contribution is -2.61. The number of hydrazine groups is 1. The van der Waals surface area contributed by atoms with Crippen LogP contribution in [-0.2, 0) is 13.5 Å². The van der Waals surface area contributed by atoms with Crippen molar-refractivity contribution in [1.29, 1.82) is 0 Å². The van der Waals surface area contributed by atoms with Crippen LogP contribution in [-0.4, -0.2) is 44.6 Å². The van der Waals surface area contributed by atoms with E-state index in [1.54, 1.807) is 4.68 Å². The summed E-state index contributed by atoms with van der Waals surface area (Å²) in [5.41, 5.74) is 3.96. The van der Waals surface area contributed by atoms with Crippen molar-refractivity contribution >= 4 is 0 Å². The summed E-state index contributed by atoms with van der Waals surface area (Å²) in [4.78, 5) is 2.45. The van der Waals surface area contributed by atoms with Gasteiger partial charge in [0.25, 0.3) is 0 Å². The Kier molecular flexibility index (Phi) is 5.90. The SMILES string of the molecule is CCN(CC)C(C)(CC)C(Cc1cn(C)nn1)NN. The van der Waals surface area contributed by atoms with E-state index >= 15 is 0 Å². The van der Waals surface area contributed by atoms with Crippen molar-refractivity contribution in [3.8, 4) is 0 Å². The van der Waals surface area contributed by atoms with E-state index in [0.717, 1.165) is 31.6 Å². The van der Waals surface area contributed by atoms with E-state index in [-0.39, 0.29) is 11.6 Å². The lowest BCUT2D eigenvalue weighted by molar-refractivity contribution is 0.0697. The van der Waals surface area contributed by atoms with E-state index in [0.29, 0.717) is 0 Å². The van der Waals surface area contributed by atoms with Gasteiger partial charge in [0.1, 0.15) is 0 Å². The number of likely N-dealkylation sites (N-methyl/N-ethyl adjacent to an activating group) is 1. The Morgan fingerprint density at radius 1 is 1.42 bits per heavy atom. The molecule has 0 saturated carbocycles. The Hall–Kier alpha value is -0.980. The van der Waals surface area contributed by atoms with E-state index in [1.165, 1.54) is 0 Å². The van der Waals surface area contributed by atoms with E-state index in [4.69, 9.17) is 5.84 Å². The van der Waals surface area contributed by atoms with Crippen LogP contribution < -0.4 is 11.3 Å². The maximum absolute atomic E-state index is 5.80. The highest BCUT2D eigenvalue weighted by Crippen LogP contribution is 2.25. The fourth-order valence-electron chi connectivity index (χ4n) is 2.79. The molecule has 1 aromatic rings. The van der Waals surface area contributed by atoms with Gasteiger partial charge in [0.05, 0.1) is 5.69 Å². The van der Waals surface area contributed by atoms with Crippen LogP contribution in [0.15, 0.2) is 6.20 Å². The average molecular weight is 268 g/mol. The molecule has 0 aliphatic carbocycles. The number of nitrogens with one attached hydrogen (secondary N) is 1. The predicted molar refractivity (Wildman–Crippen MR) is 77.4 cm³/mol. The molecule has 1 rings (SSSR count). The summed E-state index contributed by atoms with van der Waals surface area (Å²) < 4.78 is 1.73. The Labute approximate surface area is 116 Å². The summed E-state index contributed by atoms with van der Waals surface area (Å²) in [5.74, 6) is 5.80. The van der Waals surface area contributed by atoms with Crippen molar-refractivity contribution in [1.82, 2.24) is 25.3 Å². The van der Waals surface area contributed by atoms with Crippen molar-refractivity contribution in [3.63, 3.8) is 0 Å². The summed E-state index contributed by atoms with van der Waals surface area (Å²) in [6, 6.07) is 0.147. The summed E-state index contributed by atoms with van der Waals surface area (Å²) in [5, 5.41) is 8.14. The van der Waals surface area contributed by atoms with Gasteiger partial charge < -0.3 is 0 Å². The van der Waals surface area contributed by atoms with Crippen molar-refractivity contribution in [2.45, 2.75) is 52.1 Å². The highest BCUT2D eigenvalue weighted by molar-refractivity contribution is 5.03. The molecule has 0 aromatic carbocycles. The molecule has 1 heterocycles. The van der Waals surface area contributed by atoms with Crippen LogP contribution >= 0.6 is 0 Å². The van der Waals surface area contributed by atoms with Gasteiger partial charge in [-0.3, -0.25) is 20.9 Å². The van der Waals surface area contributed by atoms with E-state index in [1.807, 2.05) is 13.2 Å². The van der Waals surface area contributed by atoms with Crippen LogP contribution in [0.4, 0.5) is 0 Å². The zero-order chi connectivity index (χ0) is 14.5. The molecule has 2 unspecified atom stereocenters. The quantitative estimate of drug-likeness (QED) is 0.536. The Balaban J connectivity index is 2.91. The molecule has 110 valence electrons. The number of hydrogen-bond donors (Lipinski definition) is 2. The molecule has 0 aliphatic heterocycles. The van der Waals surface area contributed by atoms with Gasteiger partial charge in [0.15, 0.2) is 0 Å². The number of aryl methyl sites for hydroxylation is 1. The minimum atomic E-state index is 0.00969. The normalized spacial score (nSPS) is 16.6. The molecule has 2 atom stereocenters. The first-order valence-electron chi connectivity index (χ1n) is 7.08. The molecular formula is C13H28N6. The fraction of sp³-hybridized carbons (Fsp3) is 0.846. The lowest BCUT2D eigenvalue weighted by atomic mass is 9.85. The molecule has 6 nitrogen and oxygen atoms in total. The molecule has 0 fully saturated rings. The van der Waals surface area contributed by atoms with Crippen LogP contribution in [0.1, 0.15) is 39.8 Å². The third kappa shape index (κ3) is 3.52. The number of aromatic nitrogens is 3. The van der Waals surface area contributed by atoms with Crippen molar-refractivity contribution < 1.29 is 0 Å². The van der Waals surface area contributed by atoms with Gasteiger partial charge >= 0.3 is 0 Å². The van der Waals surface area contributed by atoms with E-state index in [9.17, 15) is 0 Å². The summed E-state index contributed by atoms with van der Waals surface area (Å²) in [6.45, 7) is 10.9. The Morgan fingerprint density at radius 2 is 2.05 bits per heavy atom.